The quantitative estimate of drug-likeness (QED) is 0.653. The Morgan fingerprint density at radius 1 is 1.29 bits per heavy atom. The molecule has 21 heavy (non-hydrogen) atoms. The van der Waals surface area contributed by atoms with E-state index in [1.54, 1.807) is 18.6 Å². The Kier molecular flexibility index (Phi) is 3.67. The summed E-state index contributed by atoms with van der Waals surface area (Å²) in [6, 6.07) is 12.2. The van der Waals surface area contributed by atoms with Crippen LogP contribution in [0.15, 0.2) is 52.7 Å². The van der Waals surface area contributed by atoms with Crippen molar-refractivity contribution in [2.45, 2.75) is 6.92 Å². The fraction of sp³-hybridized carbons (Fsp3) is 0.0588. The maximum atomic E-state index is 9.31. The molecule has 3 rings (SSSR count). The van der Waals surface area contributed by atoms with Crippen LogP contribution >= 0.6 is 11.3 Å². The molecule has 1 aromatic carbocycles. The van der Waals surface area contributed by atoms with E-state index in [4.69, 9.17) is 4.42 Å². The molecule has 3 aromatic rings. The molecule has 0 unspecified atom stereocenters. The molecule has 0 atom stereocenters. The lowest BCUT2D eigenvalue weighted by molar-refractivity contribution is 0.567. The van der Waals surface area contributed by atoms with Gasteiger partial charge in [0.25, 0.3) is 0 Å². The summed E-state index contributed by atoms with van der Waals surface area (Å²) in [7, 11) is 0. The van der Waals surface area contributed by atoms with Crippen molar-refractivity contribution in [3.63, 3.8) is 0 Å². The van der Waals surface area contributed by atoms with Gasteiger partial charge in [0, 0.05) is 16.5 Å². The minimum Gasteiger partial charge on any atom is -0.472 e. The fourth-order valence-electron chi connectivity index (χ4n) is 1.92. The lowest BCUT2D eigenvalue weighted by Gasteiger charge is -1.97. The van der Waals surface area contributed by atoms with Crippen molar-refractivity contribution in [3.05, 3.63) is 64.4 Å². The van der Waals surface area contributed by atoms with Crippen LogP contribution in [0.5, 0.6) is 0 Å². The Bertz CT molecular complexity index is 805. The molecule has 102 valence electrons. The number of thiazole rings is 1. The molecule has 0 saturated heterocycles. The van der Waals surface area contributed by atoms with E-state index in [0.29, 0.717) is 10.6 Å². The Labute approximate surface area is 126 Å². The summed E-state index contributed by atoms with van der Waals surface area (Å²) < 4.78 is 5.01. The zero-order valence-corrected chi connectivity index (χ0v) is 12.2. The van der Waals surface area contributed by atoms with Crippen molar-refractivity contribution in [1.29, 1.82) is 5.26 Å². The summed E-state index contributed by atoms with van der Waals surface area (Å²) in [6.45, 7) is 2.05. The van der Waals surface area contributed by atoms with E-state index in [2.05, 4.69) is 30.1 Å². The van der Waals surface area contributed by atoms with Crippen molar-refractivity contribution >= 4 is 23.0 Å². The third kappa shape index (κ3) is 2.93. The van der Waals surface area contributed by atoms with E-state index in [9.17, 15) is 5.26 Å². The van der Waals surface area contributed by atoms with E-state index < -0.39 is 0 Å². The maximum absolute atomic E-state index is 9.31. The van der Waals surface area contributed by atoms with E-state index in [0.717, 1.165) is 16.8 Å². The Balaban J connectivity index is 1.94. The molecular formula is C17H12N2OS. The van der Waals surface area contributed by atoms with Gasteiger partial charge in [0.2, 0.25) is 0 Å². The highest BCUT2D eigenvalue weighted by molar-refractivity contribution is 7.11. The van der Waals surface area contributed by atoms with Crippen molar-refractivity contribution in [3.8, 4) is 17.3 Å². The Morgan fingerprint density at radius 3 is 2.76 bits per heavy atom. The average Bonchev–Trinajstić information content (AvgIpc) is 3.17. The number of hydrogen-bond donors (Lipinski definition) is 0. The second kappa shape index (κ2) is 5.78. The van der Waals surface area contributed by atoms with Gasteiger partial charge in [0.15, 0.2) is 0 Å². The summed E-state index contributed by atoms with van der Waals surface area (Å²) in [5, 5.41) is 12.0. The van der Waals surface area contributed by atoms with E-state index in [1.165, 1.54) is 16.9 Å². The van der Waals surface area contributed by atoms with Crippen LogP contribution in [0.4, 0.5) is 0 Å². The molecule has 0 amide bonds. The lowest BCUT2D eigenvalue weighted by atomic mass is 10.1. The average molecular weight is 292 g/mol. The number of aryl methyl sites for hydroxylation is 1. The molecule has 2 heterocycles. The molecule has 0 aliphatic rings. The molecule has 0 bridgehead atoms. The first-order valence-electron chi connectivity index (χ1n) is 6.43. The highest BCUT2D eigenvalue weighted by Crippen LogP contribution is 2.27. The van der Waals surface area contributed by atoms with Crippen molar-refractivity contribution in [2.24, 2.45) is 0 Å². The van der Waals surface area contributed by atoms with Gasteiger partial charge in [0.05, 0.1) is 23.8 Å². The topological polar surface area (TPSA) is 49.8 Å². The molecule has 0 radical (unpaired) electrons. The van der Waals surface area contributed by atoms with Crippen LogP contribution in [0.2, 0.25) is 0 Å². The molecule has 0 N–H and O–H groups in total. The number of aromatic nitrogens is 1. The van der Waals surface area contributed by atoms with Crippen LogP contribution in [0.3, 0.4) is 0 Å². The fourth-order valence-corrected chi connectivity index (χ4v) is 2.71. The number of benzene rings is 1. The zero-order chi connectivity index (χ0) is 14.7. The molecular weight excluding hydrogens is 280 g/mol. The highest BCUT2D eigenvalue weighted by atomic mass is 32.1. The summed E-state index contributed by atoms with van der Waals surface area (Å²) in [6.07, 6.45) is 4.97. The van der Waals surface area contributed by atoms with E-state index >= 15 is 0 Å². The molecule has 3 nitrogen and oxygen atoms in total. The normalized spacial score (nSPS) is 11.3. The van der Waals surface area contributed by atoms with Gasteiger partial charge in [-0.25, -0.2) is 4.98 Å². The predicted molar refractivity (Wildman–Crippen MR) is 84.5 cm³/mol. The van der Waals surface area contributed by atoms with Crippen molar-refractivity contribution in [2.75, 3.05) is 0 Å². The molecule has 0 spiro atoms. The lowest BCUT2D eigenvalue weighted by Crippen LogP contribution is -1.82. The first-order valence-corrected chi connectivity index (χ1v) is 7.31. The van der Waals surface area contributed by atoms with Crippen molar-refractivity contribution in [1.82, 2.24) is 4.98 Å². The monoisotopic (exact) mass is 292 g/mol. The first-order chi connectivity index (χ1) is 10.3. The minimum absolute atomic E-state index is 0.541. The van der Waals surface area contributed by atoms with E-state index in [1.807, 2.05) is 23.6 Å². The standard InChI is InChI=1S/C17H12N2OS/c1-12-2-4-14(5-3-12)16-11-21-17(19-16)15(9-18)8-13-6-7-20-10-13/h2-8,10-11H,1H3/b15-8-. The summed E-state index contributed by atoms with van der Waals surface area (Å²) in [4.78, 5) is 4.56. The van der Waals surface area contributed by atoms with Crippen molar-refractivity contribution < 1.29 is 4.42 Å². The van der Waals surface area contributed by atoms with Crippen LogP contribution in [0.25, 0.3) is 22.9 Å². The van der Waals surface area contributed by atoms with Crippen LogP contribution in [-0.4, -0.2) is 4.98 Å². The zero-order valence-electron chi connectivity index (χ0n) is 11.4. The number of furan rings is 1. The number of hydrogen-bond acceptors (Lipinski definition) is 4. The first kappa shape index (κ1) is 13.3. The van der Waals surface area contributed by atoms with Gasteiger partial charge in [-0.15, -0.1) is 11.3 Å². The second-order valence-electron chi connectivity index (χ2n) is 4.63. The van der Waals surface area contributed by atoms with Crippen LogP contribution < -0.4 is 0 Å². The number of rotatable bonds is 3. The van der Waals surface area contributed by atoms with Gasteiger partial charge in [-0.2, -0.15) is 5.26 Å². The smallest absolute Gasteiger partial charge is 0.134 e. The van der Waals surface area contributed by atoms with Crippen LogP contribution in [0.1, 0.15) is 16.1 Å². The third-order valence-electron chi connectivity index (χ3n) is 3.06. The van der Waals surface area contributed by atoms with Gasteiger partial charge in [-0.3, -0.25) is 0 Å². The predicted octanol–water partition coefficient (Wildman–Crippen LogP) is 4.78. The number of allylic oxidation sites excluding steroid dienone is 1. The van der Waals surface area contributed by atoms with Gasteiger partial charge >= 0.3 is 0 Å². The summed E-state index contributed by atoms with van der Waals surface area (Å²) in [5.41, 5.74) is 4.57. The second-order valence-corrected chi connectivity index (χ2v) is 5.49. The van der Waals surface area contributed by atoms with Gasteiger partial charge in [-0.05, 0) is 19.1 Å². The molecule has 2 aromatic heterocycles. The van der Waals surface area contributed by atoms with Gasteiger partial charge in [-0.1, -0.05) is 29.8 Å². The SMILES string of the molecule is Cc1ccc(-c2csc(/C(C#N)=C\c3ccoc3)n2)cc1. The molecule has 4 heteroatoms. The minimum atomic E-state index is 0.541. The molecule has 0 aliphatic heterocycles. The molecule has 0 aliphatic carbocycles. The Hall–Kier alpha value is -2.64. The van der Waals surface area contributed by atoms with Crippen LogP contribution in [0, 0.1) is 18.3 Å². The number of nitriles is 1. The molecule has 0 fully saturated rings. The summed E-state index contributed by atoms with van der Waals surface area (Å²) >= 11 is 1.47. The van der Waals surface area contributed by atoms with Crippen LogP contribution in [-0.2, 0) is 0 Å². The van der Waals surface area contributed by atoms with Gasteiger partial charge in [0.1, 0.15) is 11.1 Å². The van der Waals surface area contributed by atoms with E-state index in [-0.39, 0.29) is 0 Å². The largest absolute Gasteiger partial charge is 0.472 e. The number of nitrogens with zero attached hydrogens (tertiary/aromatic N) is 2. The Morgan fingerprint density at radius 2 is 2.10 bits per heavy atom. The van der Waals surface area contributed by atoms with Gasteiger partial charge < -0.3 is 4.42 Å². The summed E-state index contributed by atoms with van der Waals surface area (Å²) in [5.74, 6) is 0. The highest BCUT2D eigenvalue weighted by Gasteiger charge is 2.09. The third-order valence-corrected chi connectivity index (χ3v) is 3.93. The maximum Gasteiger partial charge on any atom is 0.134 e. The molecule has 0 saturated carbocycles.